The SMILES string of the molecule is CCCS(=O)(=O)c1c(N)nsc1NCc1cc(C)c(C)s1. The predicted molar refractivity (Wildman–Crippen MR) is 90.0 cm³/mol. The lowest BCUT2D eigenvalue weighted by Gasteiger charge is -2.06. The van der Waals surface area contributed by atoms with E-state index in [1.165, 1.54) is 10.4 Å². The van der Waals surface area contributed by atoms with Crippen molar-refractivity contribution in [2.24, 2.45) is 0 Å². The van der Waals surface area contributed by atoms with Crippen LogP contribution in [0.5, 0.6) is 0 Å². The van der Waals surface area contributed by atoms with Crippen LogP contribution >= 0.6 is 22.9 Å². The van der Waals surface area contributed by atoms with Crippen molar-refractivity contribution in [1.29, 1.82) is 0 Å². The van der Waals surface area contributed by atoms with Gasteiger partial charge < -0.3 is 11.1 Å². The van der Waals surface area contributed by atoms with E-state index in [0.29, 0.717) is 18.0 Å². The molecule has 0 amide bonds. The second-order valence-corrected chi connectivity index (χ2v) is 9.01. The van der Waals surface area contributed by atoms with Gasteiger partial charge in [-0.2, -0.15) is 4.37 Å². The van der Waals surface area contributed by atoms with Crippen molar-refractivity contribution in [3.8, 4) is 0 Å². The van der Waals surface area contributed by atoms with E-state index in [2.05, 4.69) is 29.6 Å². The van der Waals surface area contributed by atoms with Crippen molar-refractivity contribution in [2.75, 3.05) is 16.8 Å². The maximum atomic E-state index is 12.3. The van der Waals surface area contributed by atoms with Crippen LogP contribution in [0.2, 0.25) is 0 Å². The molecule has 0 aromatic carbocycles. The first-order chi connectivity index (χ1) is 9.85. The Morgan fingerprint density at radius 2 is 2.10 bits per heavy atom. The van der Waals surface area contributed by atoms with E-state index in [9.17, 15) is 8.42 Å². The molecule has 0 unspecified atom stereocenters. The number of sulfone groups is 1. The summed E-state index contributed by atoms with van der Waals surface area (Å²) in [5.41, 5.74) is 6.99. The second-order valence-electron chi connectivity index (χ2n) is 4.85. The largest absolute Gasteiger partial charge is 0.382 e. The fraction of sp³-hybridized carbons (Fsp3) is 0.462. The van der Waals surface area contributed by atoms with Gasteiger partial charge in [0.1, 0.15) is 9.90 Å². The van der Waals surface area contributed by atoms with E-state index >= 15 is 0 Å². The highest BCUT2D eigenvalue weighted by atomic mass is 32.2. The molecule has 3 N–H and O–H groups in total. The molecular weight excluding hydrogens is 326 g/mol. The molecule has 2 heterocycles. The van der Waals surface area contributed by atoms with Gasteiger partial charge in [0.25, 0.3) is 0 Å². The molecule has 0 saturated carbocycles. The normalized spacial score (nSPS) is 11.8. The number of rotatable bonds is 6. The lowest BCUT2D eigenvalue weighted by Crippen LogP contribution is -2.10. The van der Waals surface area contributed by atoms with Gasteiger partial charge in [0, 0.05) is 9.75 Å². The van der Waals surface area contributed by atoms with Gasteiger partial charge in [-0.05, 0) is 43.4 Å². The molecule has 8 heteroatoms. The summed E-state index contributed by atoms with van der Waals surface area (Å²) < 4.78 is 28.5. The van der Waals surface area contributed by atoms with Crippen molar-refractivity contribution in [2.45, 2.75) is 38.6 Å². The van der Waals surface area contributed by atoms with Gasteiger partial charge in [-0.3, -0.25) is 0 Å². The third-order valence-electron chi connectivity index (χ3n) is 3.10. The maximum absolute atomic E-state index is 12.3. The maximum Gasteiger partial charge on any atom is 0.185 e. The topological polar surface area (TPSA) is 85.1 Å². The summed E-state index contributed by atoms with van der Waals surface area (Å²) in [6.07, 6.45) is 0.556. The lowest BCUT2D eigenvalue weighted by atomic mass is 10.3. The molecule has 0 aliphatic heterocycles. The summed E-state index contributed by atoms with van der Waals surface area (Å²) in [6.45, 7) is 6.55. The van der Waals surface area contributed by atoms with E-state index in [4.69, 9.17) is 5.73 Å². The Kier molecular flexibility index (Phi) is 4.90. The first-order valence-corrected chi connectivity index (χ1v) is 9.87. The Morgan fingerprint density at radius 1 is 1.38 bits per heavy atom. The molecule has 0 aliphatic rings. The van der Waals surface area contributed by atoms with E-state index in [1.807, 2.05) is 6.92 Å². The fourth-order valence-electron chi connectivity index (χ4n) is 1.98. The fourth-order valence-corrected chi connectivity index (χ4v) is 5.59. The van der Waals surface area contributed by atoms with E-state index in [1.54, 1.807) is 11.3 Å². The second kappa shape index (κ2) is 6.33. The number of thiophene rings is 1. The number of nitrogen functional groups attached to an aromatic ring is 1. The molecule has 116 valence electrons. The van der Waals surface area contributed by atoms with Gasteiger partial charge in [-0.15, -0.1) is 11.3 Å². The quantitative estimate of drug-likeness (QED) is 0.840. The van der Waals surface area contributed by atoms with Crippen LogP contribution in [0.3, 0.4) is 0 Å². The Balaban J connectivity index is 2.22. The van der Waals surface area contributed by atoms with E-state index < -0.39 is 9.84 Å². The van der Waals surface area contributed by atoms with Gasteiger partial charge in [0.2, 0.25) is 0 Å². The number of hydrogen-bond donors (Lipinski definition) is 2. The van der Waals surface area contributed by atoms with E-state index in [0.717, 1.165) is 16.4 Å². The Morgan fingerprint density at radius 3 is 2.67 bits per heavy atom. The summed E-state index contributed by atoms with van der Waals surface area (Å²) in [5.74, 6) is 0.177. The van der Waals surface area contributed by atoms with Crippen molar-refractivity contribution in [3.63, 3.8) is 0 Å². The highest BCUT2D eigenvalue weighted by Crippen LogP contribution is 2.33. The zero-order valence-electron chi connectivity index (χ0n) is 12.3. The van der Waals surface area contributed by atoms with Crippen LogP contribution in [0.1, 0.15) is 28.7 Å². The molecule has 5 nitrogen and oxygen atoms in total. The number of anilines is 2. The summed E-state index contributed by atoms with van der Waals surface area (Å²) in [5, 5.41) is 3.69. The average molecular weight is 346 g/mol. The Hall–Kier alpha value is -1.12. The molecule has 2 aromatic heterocycles. The minimum atomic E-state index is -3.37. The molecule has 21 heavy (non-hydrogen) atoms. The zero-order valence-corrected chi connectivity index (χ0v) is 14.7. The van der Waals surface area contributed by atoms with Crippen LogP contribution in [0.25, 0.3) is 0 Å². The molecule has 0 spiro atoms. The Labute approximate surface area is 133 Å². The van der Waals surface area contributed by atoms with Crippen molar-refractivity contribution < 1.29 is 8.42 Å². The van der Waals surface area contributed by atoms with Crippen LogP contribution in [-0.2, 0) is 16.4 Å². The molecule has 0 fully saturated rings. The highest BCUT2D eigenvalue weighted by molar-refractivity contribution is 7.91. The zero-order chi connectivity index (χ0) is 15.6. The van der Waals surface area contributed by atoms with Crippen molar-refractivity contribution in [1.82, 2.24) is 4.37 Å². The molecule has 0 saturated heterocycles. The first-order valence-electron chi connectivity index (χ1n) is 6.62. The van der Waals surface area contributed by atoms with Gasteiger partial charge in [0.05, 0.1) is 12.3 Å². The minimum absolute atomic E-state index is 0.0848. The third-order valence-corrected chi connectivity index (χ3v) is 7.18. The van der Waals surface area contributed by atoms with E-state index in [-0.39, 0.29) is 16.5 Å². The first kappa shape index (κ1) is 16.3. The van der Waals surface area contributed by atoms with Gasteiger partial charge in [-0.1, -0.05) is 6.92 Å². The number of nitrogens with zero attached hydrogens (tertiary/aromatic N) is 1. The number of nitrogens with two attached hydrogens (primary N) is 1. The van der Waals surface area contributed by atoms with Gasteiger partial charge in [0.15, 0.2) is 15.7 Å². The number of nitrogens with one attached hydrogen (secondary N) is 1. The van der Waals surface area contributed by atoms with Crippen LogP contribution < -0.4 is 11.1 Å². The molecule has 0 atom stereocenters. The molecule has 2 rings (SSSR count). The number of hydrogen-bond acceptors (Lipinski definition) is 7. The molecule has 0 radical (unpaired) electrons. The molecular formula is C13H19N3O2S3. The third kappa shape index (κ3) is 3.56. The van der Waals surface area contributed by atoms with Crippen LogP contribution in [0.4, 0.5) is 10.8 Å². The summed E-state index contributed by atoms with van der Waals surface area (Å²) in [4.78, 5) is 2.59. The monoisotopic (exact) mass is 345 g/mol. The minimum Gasteiger partial charge on any atom is -0.382 e. The van der Waals surface area contributed by atoms with Crippen LogP contribution in [-0.4, -0.2) is 18.5 Å². The highest BCUT2D eigenvalue weighted by Gasteiger charge is 2.24. The molecule has 2 aromatic rings. The summed E-state index contributed by atoms with van der Waals surface area (Å²) >= 11 is 2.80. The molecule has 0 bridgehead atoms. The standard InChI is InChI=1S/C13H19N3O2S3/c1-4-5-21(17,18)11-12(14)16-20-13(11)15-7-10-6-8(2)9(3)19-10/h6,15H,4-5,7H2,1-3H3,(H2,14,16). The Bertz CT molecular complexity index is 712. The van der Waals surface area contributed by atoms with Crippen LogP contribution in [0.15, 0.2) is 11.0 Å². The lowest BCUT2D eigenvalue weighted by molar-refractivity contribution is 0.595. The van der Waals surface area contributed by atoms with Gasteiger partial charge >= 0.3 is 0 Å². The van der Waals surface area contributed by atoms with Gasteiger partial charge in [-0.25, -0.2) is 8.42 Å². The predicted octanol–water partition coefficient (Wildman–Crippen LogP) is 3.20. The summed E-state index contributed by atoms with van der Waals surface area (Å²) in [7, 11) is -3.37. The van der Waals surface area contributed by atoms with Crippen molar-refractivity contribution >= 4 is 43.5 Å². The smallest absolute Gasteiger partial charge is 0.185 e. The average Bonchev–Trinajstić information content (AvgIpc) is 2.91. The van der Waals surface area contributed by atoms with Crippen LogP contribution in [0, 0.1) is 13.8 Å². The van der Waals surface area contributed by atoms with Crippen molar-refractivity contribution in [3.05, 3.63) is 21.4 Å². The summed E-state index contributed by atoms with van der Waals surface area (Å²) in [6, 6.07) is 2.11. The number of aryl methyl sites for hydroxylation is 2. The molecule has 0 aliphatic carbocycles. The number of aromatic nitrogens is 1.